The molecule has 0 saturated heterocycles. The molecule has 122 valence electrons. The summed E-state index contributed by atoms with van der Waals surface area (Å²) in [5.74, 6) is 0.654. The second-order valence-corrected chi connectivity index (χ2v) is 7.71. The number of methoxy groups -OCH3 is 1. The molecular formula is C17H18BrNO3S. The van der Waals surface area contributed by atoms with Crippen LogP contribution in [0, 0.1) is 6.92 Å². The normalized spacial score (nSPS) is 11.1. The molecule has 0 amide bonds. The van der Waals surface area contributed by atoms with Crippen LogP contribution in [0.15, 0.2) is 64.5 Å². The lowest BCUT2D eigenvalue weighted by Crippen LogP contribution is -2.31. The summed E-state index contributed by atoms with van der Waals surface area (Å²) >= 11 is 3.37. The molecule has 0 atom stereocenters. The van der Waals surface area contributed by atoms with E-state index in [2.05, 4.69) is 22.5 Å². The third-order valence-corrected chi connectivity index (χ3v) is 5.63. The topological polar surface area (TPSA) is 46.6 Å². The van der Waals surface area contributed by atoms with Gasteiger partial charge in [0.05, 0.1) is 24.2 Å². The van der Waals surface area contributed by atoms with Crippen molar-refractivity contribution in [2.45, 2.75) is 11.8 Å². The number of aryl methyl sites for hydroxylation is 1. The van der Waals surface area contributed by atoms with E-state index in [4.69, 9.17) is 4.74 Å². The second-order valence-electron chi connectivity index (χ2n) is 4.94. The van der Waals surface area contributed by atoms with Gasteiger partial charge in [0.25, 0.3) is 10.0 Å². The van der Waals surface area contributed by atoms with Crippen molar-refractivity contribution in [3.63, 3.8) is 0 Å². The van der Waals surface area contributed by atoms with Crippen molar-refractivity contribution in [1.82, 2.24) is 0 Å². The third kappa shape index (κ3) is 3.76. The van der Waals surface area contributed by atoms with Crippen LogP contribution in [-0.2, 0) is 10.0 Å². The third-order valence-electron chi connectivity index (χ3n) is 3.35. The van der Waals surface area contributed by atoms with Gasteiger partial charge < -0.3 is 4.74 Å². The molecule has 0 bridgehead atoms. The summed E-state index contributed by atoms with van der Waals surface area (Å²) < 4.78 is 33.3. The molecule has 0 aliphatic rings. The van der Waals surface area contributed by atoms with Crippen molar-refractivity contribution in [3.8, 4) is 5.75 Å². The minimum atomic E-state index is -3.69. The van der Waals surface area contributed by atoms with Crippen LogP contribution in [-0.4, -0.2) is 22.1 Å². The smallest absolute Gasteiger partial charge is 0.264 e. The highest BCUT2D eigenvalue weighted by atomic mass is 79.9. The average Bonchev–Trinajstić information content (AvgIpc) is 2.52. The van der Waals surface area contributed by atoms with Crippen LogP contribution in [0.4, 0.5) is 5.69 Å². The summed E-state index contributed by atoms with van der Waals surface area (Å²) in [4.78, 5) is 0.220. The lowest BCUT2D eigenvalue weighted by atomic mass is 10.2. The van der Waals surface area contributed by atoms with Gasteiger partial charge in [-0.05, 0) is 48.9 Å². The molecule has 2 aromatic carbocycles. The van der Waals surface area contributed by atoms with Gasteiger partial charge in [0.2, 0.25) is 0 Å². The SMILES string of the molecule is C=CCN(c1cccc(Br)c1)S(=O)(=O)c1ccc(OC)c(C)c1. The Hall–Kier alpha value is -1.79. The molecule has 0 aromatic heterocycles. The van der Waals surface area contributed by atoms with E-state index < -0.39 is 10.0 Å². The van der Waals surface area contributed by atoms with E-state index in [1.807, 2.05) is 13.0 Å². The van der Waals surface area contributed by atoms with Gasteiger partial charge in [0, 0.05) is 4.47 Å². The summed E-state index contributed by atoms with van der Waals surface area (Å²) in [7, 11) is -2.14. The average molecular weight is 396 g/mol. The van der Waals surface area contributed by atoms with E-state index in [1.165, 1.54) is 4.31 Å². The molecule has 0 heterocycles. The molecule has 0 N–H and O–H groups in total. The number of hydrogen-bond acceptors (Lipinski definition) is 3. The van der Waals surface area contributed by atoms with Gasteiger partial charge in [-0.2, -0.15) is 0 Å². The first-order chi connectivity index (χ1) is 10.9. The minimum Gasteiger partial charge on any atom is -0.496 e. The van der Waals surface area contributed by atoms with Crippen molar-refractivity contribution in [2.75, 3.05) is 18.0 Å². The number of ether oxygens (including phenoxy) is 1. The number of halogens is 1. The lowest BCUT2D eigenvalue weighted by Gasteiger charge is -2.23. The Labute approximate surface area is 145 Å². The Morgan fingerprint density at radius 1 is 1.26 bits per heavy atom. The fourth-order valence-corrected chi connectivity index (χ4v) is 4.13. The number of hydrogen-bond donors (Lipinski definition) is 0. The Kier molecular flexibility index (Phi) is 5.49. The summed E-state index contributed by atoms with van der Waals surface area (Å²) in [5.41, 5.74) is 1.34. The van der Waals surface area contributed by atoms with Crippen molar-refractivity contribution < 1.29 is 13.2 Å². The van der Waals surface area contributed by atoms with Crippen LogP contribution < -0.4 is 9.04 Å². The molecule has 0 unspecified atom stereocenters. The molecule has 0 fully saturated rings. The predicted octanol–water partition coefficient (Wildman–Crippen LogP) is 4.15. The molecule has 0 aliphatic heterocycles. The van der Waals surface area contributed by atoms with Gasteiger partial charge in [-0.3, -0.25) is 4.31 Å². The van der Waals surface area contributed by atoms with Crippen LogP contribution >= 0.6 is 15.9 Å². The maximum atomic E-state index is 13.0. The van der Waals surface area contributed by atoms with Crippen molar-refractivity contribution in [3.05, 3.63) is 65.2 Å². The maximum absolute atomic E-state index is 13.0. The quantitative estimate of drug-likeness (QED) is 0.690. The first-order valence-corrected chi connectivity index (χ1v) is 9.17. The summed E-state index contributed by atoms with van der Waals surface area (Å²) in [6.45, 7) is 5.66. The van der Waals surface area contributed by atoms with E-state index in [-0.39, 0.29) is 11.4 Å². The zero-order chi connectivity index (χ0) is 17.0. The Balaban J connectivity index is 2.53. The molecule has 4 nitrogen and oxygen atoms in total. The summed E-state index contributed by atoms with van der Waals surface area (Å²) in [5, 5.41) is 0. The van der Waals surface area contributed by atoms with Crippen LogP contribution in [0.5, 0.6) is 5.75 Å². The van der Waals surface area contributed by atoms with Crippen molar-refractivity contribution >= 4 is 31.6 Å². The van der Waals surface area contributed by atoms with Crippen LogP contribution in [0.2, 0.25) is 0 Å². The van der Waals surface area contributed by atoms with Gasteiger partial charge in [-0.25, -0.2) is 8.42 Å². The zero-order valence-corrected chi connectivity index (χ0v) is 15.4. The van der Waals surface area contributed by atoms with E-state index in [0.29, 0.717) is 11.4 Å². The highest BCUT2D eigenvalue weighted by molar-refractivity contribution is 9.10. The van der Waals surface area contributed by atoms with Crippen molar-refractivity contribution in [2.24, 2.45) is 0 Å². The fourth-order valence-electron chi connectivity index (χ4n) is 2.23. The largest absolute Gasteiger partial charge is 0.496 e. The number of benzene rings is 2. The van der Waals surface area contributed by atoms with Gasteiger partial charge >= 0.3 is 0 Å². The first-order valence-electron chi connectivity index (χ1n) is 6.94. The highest BCUT2D eigenvalue weighted by Crippen LogP contribution is 2.28. The lowest BCUT2D eigenvalue weighted by molar-refractivity contribution is 0.411. The molecule has 0 spiro atoms. The molecule has 0 saturated carbocycles. The molecule has 0 aliphatic carbocycles. The number of nitrogens with zero attached hydrogens (tertiary/aromatic N) is 1. The highest BCUT2D eigenvalue weighted by Gasteiger charge is 2.24. The monoisotopic (exact) mass is 395 g/mol. The van der Waals surface area contributed by atoms with Crippen LogP contribution in [0.25, 0.3) is 0 Å². The first kappa shape index (κ1) is 17.6. The minimum absolute atomic E-state index is 0.184. The Morgan fingerprint density at radius 2 is 2.00 bits per heavy atom. The predicted molar refractivity (Wildman–Crippen MR) is 96.6 cm³/mol. The standard InChI is InChI=1S/C17H18BrNO3S/c1-4-10-19(15-7-5-6-14(18)12-15)23(20,21)16-8-9-17(22-3)13(2)11-16/h4-9,11-12H,1,10H2,2-3H3. The maximum Gasteiger partial charge on any atom is 0.264 e. The molecule has 0 radical (unpaired) electrons. The molecular weight excluding hydrogens is 378 g/mol. The molecule has 2 aromatic rings. The Bertz CT molecular complexity index is 818. The van der Waals surface area contributed by atoms with E-state index in [9.17, 15) is 8.42 Å². The van der Waals surface area contributed by atoms with Gasteiger partial charge in [0.1, 0.15) is 5.75 Å². The van der Waals surface area contributed by atoms with Gasteiger partial charge in [-0.1, -0.05) is 28.1 Å². The molecule has 2 rings (SSSR count). The van der Waals surface area contributed by atoms with Gasteiger partial charge in [-0.15, -0.1) is 6.58 Å². The Morgan fingerprint density at radius 3 is 2.57 bits per heavy atom. The number of anilines is 1. The van der Waals surface area contributed by atoms with E-state index >= 15 is 0 Å². The second kappa shape index (κ2) is 7.19. The number of sulfonamides is 1. The van der Waals surface area contributed by atoms with E-state index in [0.717, 1.165) is 10.0 Å². The van der Waals surface area contributed by atoms with Crippen LogP contribution in [0.3, 0.4) is 0 Å². The molecule has 6 heteroatoms. The van der Waals surface area contributed by atoms with Crippen LogP contribution in [0.1, 0.15) is 5.56 Å². The summed E-state index contributed by atoms with van der Waals surface area (Å²) in [6, 6.07) is 12.0. The molecule has 23 heavy (non-hydrogen) atoms. The number of rotatable bonds is 6. The van der Waals surface area contributed by atoms with Crippen molar-refractivity contribution in [1.29, 1.82) is 0 Å². The summed E-state index contributed by atoms with van der Waals surface area (Å²) in [6.07, 6.45) is 1.56. The zero-order valence-electron chi connectivity index (χ0n) is 13.0. The van der Waals surface area contributed by atoms with Gasteiger partial charge in [0.15, 0.2) is 0 Å². The van der Waals surface area contributed by atoms with E-state index in [1.54, 1.807) is 49.6 Å². The fraction of sp³-hybridized carbons (Fsp3) is 0.176.